The van der Waals surface area contributed by atoms with E-state index in [0.717, 1.165) is 30.4 Å². The molecule has 0 radical (unpaired) electrons. The Morgan fingerprint density at radius 3 is 2.92 bits per heavy atom. The first-order chi connectivity index (χ1) is 12.7. The molecule has 4 rings (SSSR count). The Morgan fingerprint density at radius 1 is 1.35 bits per heavy atom. The number of carbonyl (C=O) groups excluding carboxylic acids is 1. The molecule has 1 N–H and O–H groups in total. The van der Waals surface area contributed by atoms with Crippen LogP contribution < -0.4 is 10.2 Å². The molecule has 4 unspecified atom stereocenters. The molecule has 1 amide bonds. The monoisotopic (exact) mass is 349 g/mol. The van der Waals surface area contributed by atoms with Gasteiger partial charge in [0, 0.05) is 24.5 Å². The predicted molar refractivity (Wildman–Crippen MR) is 102 cm³/mol. The van der Waals surface area contributed by atoms with E-state index < -0.39 is 0 Å². The lowest BCUT2D eigenvalue weighted by atomic mass is 9.84. The molecule has 4 atom stereocenters. The van der Waals surface area contributed by atoms with Crippen LogP contribution in [0.15, 0.2) is 36.0 Å². The van der Waals surface area contributed by atoms with Crippen LogP contribution in [0.1, 0.15) is 44.6 Å². The molecule has 4 nitrogen and oxygen atoms in total. The Labute approximate surface area is 155 Å². The highest BCUT2D eigenvalue weighted by Crippen LogP contribution is 2.49. The molecule has 2 saturated carbocycles. The van der Waals surface area contributed by atoms with Gasteiger partial charge in [0.05, 0.1) is 0 Å². The maximum Gasteiger partial charge on any atom is 0.270 e. The Balaban J connectivity index is 1.46. The molecule has 2 fully saturated rings. The number of nitriles is 1. The van der Waals surface area contributed by atoms with Gasteiger partial charge < -0.3 is 10.2 Å². The van der Waals surface area contributed by atoms with Crippen LogP contribution in [-0.4, -0.2) is 18.5 Å². The topological polar surface area (TPSA) is 56.1 Å². The first-order valence-electron chi connectivity index (χ1n) is 9.93. The minimum atomic E-state index is -0.188. The summed E-state index contributed by atoms with van der Waals surface area (Å²) >= 11 is 0. The minimum Gasteiger partial charge on any atom is -0.387 e. The van der Waals surface area contributed by atoms with Gasteiger partial charge in [-0.1, -0.05) is 24.6 Å². The van der Waals surface area contributed by atoms with E-state index in [1.165, 1.54) is 31.2 Å². The number of rotatable bonds is 4. The summed E-state index contributed by atoms with van der Waals surface area (Å²) < 4.78 is 0. The van der Waals surface area contributed by atoms with Gasteiger partial charge in [-0.2, -0.15) is 5.26 Å². The van der Waals surface area contributed by atoms with Gasteiger partial charge in [-0.3, -0.25) is 4.79 Å². The second-order valence-corrected chi connectivity index (χ2v) is 8.15. The molecule has 1 aromatic carbocycles. The number of hydrogen-bond donors (Lipinski definition) is 1. The molecule has 0 aromatic heterocycles. The molecule has 0 spiro atoms. The average molecular weight is 349 g/mol. The number of benzene rings is 1. The summed E-state index contributed by atoms with van der Waals surface area (Å²) in [4.78, 5) is 14.7. The van der Waals surface area contributed by atoms with Crippen LogP contribution in [-0.2, 0) is 11.2 Å². The maximum absolute atomic E-state index is 12.9. The van der Waals surface area contributed by atoms with Crippen molar-refractivity contribution in [3.63, 3.8) is 0 Å². The highest BCUT2D eigenvalue weighted by atomic mass is 16.2. The zero-order valence-corrected chi connectivity index (χ0v) is 15.4. The first kappa shape index (κ1) is 17.1. The fraction of sp³-hybridized carbons (Fsp3) is 0.545. The van der Waals surface area contributed by atoms with E-state index in [0.29, 0.717) is 18.5 Å². The summed E-state index contributed by atoms with van der Waals surface area (Å²) in [5.41, 5.74) is 2.34. The summed E-state index contributed by atoms with van der Waals surface area (Å²) in [5, 5.41) is 12.9. The summed E-state index contributed by atoms with van der Waals surface area (Å²) in [6, 6.07) is 10.4. The third-order valence-electron chi connectivity index (χ3n) is 6.63. The van der Waals surface area contributed by atoms with Crippen molar-refractivity contribution in [1.82, 2.24) is 5.32 Å². The number of anilines is 1. The molecule has 2 bridgehead atoms. The Morgan fingerprint density at radius 2 is 2.19 bits per heavy atom. The van der Waals surface area contributed by atoms with Gasteiger partial charge in [-0.25, -0.2) is 0 Å². The largest absolute Gasteiger partial charge is 0.387 e. The standard InChI is InChI=1S/C22H27N3O/c1-15(20-12-16-8-9-18(20)11-16)24-14-19(13-23)22(26)25-10-4-6-17-5-2-3-7-21(17)25/h2-3,5,7,14-16,18,20,24H,4,6,8-12H2,1H3/b19-14-. The molecular formula is C22H27N3O. The number of nitrogens with one attached hydrogen (secondary N) is 1. The van der Waals surface area contributed by atoms with Crippen molar-refractivity contribution in [2.75, 3.05) is 11.4 Å². The summed E-state index contributed by atoms with van der Waals surface area (Å²) in [6.07, 6.45) is 8.99. The second-order valence-electron chi connectivity index (χ2n) is 8.15. The number of hydrogen-bond acceptors (Lipinski definition) is 3. The van der Waals surface area contributed by atoms with Crippen molar-refractivity contribution in [3.05, 3.63) is 41.6 Å². The van der Waals surface area contributed by atoms with Crippen molar-refractivity contribution in [3.8, 4) is 6.07 Å². The number of para-hydroxylation sites is 1. The second kappa shape index (κ2) is 7.15. The van der Waals surface area contributed by atoms with Crippen molar-refractivity contribution in [2.24, 2.45) is 17.8 Å². The van der Waals surface area contributed by atoms with Crippen LogP contribution in [0.3, 0.4) is 0 Å². The van der Waals surface area contributed by atoms with E-state index in [9.17, 15) is 10.1 Å². The summed E-state index contributed by atoms with van der Waals surface area (Å²) in [6.45, 7) is 2.87. The zero-order valence-electron chi connectivity index (χ0n) is 15.4. The fourth-order valence-corrected chi connectivity index (χ4v) is 5.28. The van der Waals surface area contributed by atoms with E-state index in [4.69, 9.17) is 0 Å². The molecule has 1 heterocycles. The SMILES string of the molecule is CC(N/C=C(/C#N)C(=O)N1CCCc2ccccc21)C1CC2CCC1C2. The van der Waals surface area contributed by atoms with E-state index in [1.807, 2.05) is 18.2 Å². The van der Waals surface area contributed by atoms with Gasteiger partial charge in [-0.05, 0) is 68.4 Å². The smallest absolute Gasteiger partial charge is 0.270 e. The third-order valence-corrected chi connectivity index (χ3v) is 6.63. The lowest BCUT2D eigenvalue weighted by Crippen LogP contribution is -2.38. The fourth-order valence-electron chi connectivity index (χ4n) is 5.28. The Bertz CT molecular complexity index is 763. The quantitative estimate of drug-likeness (QED) is 0.665. The zero-order chi connectivity index (χ0) is 18.1. The van der Waals surface area contributed by atoms with Crippen LogP contribution in [0.4, 0.5) is 5.69 Å². The van der Waals surface area contributed by atoms with Gasteiger partial charge in [-0.15, -0.1) is 0 Å². The normalized spacial score (nSPS) is 28.4. The van der Waals surface area contributed by atoms with E-state index >= 15 is 0 Å². The van der Waals surface area contributed by atoms with Crippen LogP contribution in [0.5, 0.6) is 0 Å². The highest BCUT2D eigenvalue weighted by molar-refractivity contribution is 6.08. The van der Waals surface area contributed by atoms with Crippen LogP contribution >= 0.6 is 0 Å². The number of aryl methyl sites for hydroxylation is 1. The number of nitrogens with zero attached hydrogens (tertiary/aromatic N) is 2. The lowest BCUT2D eigenvalue weighted by molar-refractivity contribution is -0.114. The Kier molecular flexibility index (Phi) is 4.72. The molecule has 0 saturated heterocycles. The summed E-state index contributed by atoms with van der Waals surface area (Å²) in [7, 11) is 0. The predicted octanol–water partition coefficient (Wildman–Crippen LogP) is 3.79. The van der Waals surface area contributed by atoms with Gasteiger partial charge in [0.1, 0.15) is 11.6 Å². The van der Waals surface area contributed by atoms with Gasteiger partial charge in [0.25, 0.3) is 5.91 Å². The number of carbonyl (C=O) groups is 1. The molecule has 26 heavy (non-hydrogen) atoms. The van der Waals surface area contributed by atoms with E-state index in [-0.39, 0.29) is 11.5 Å². The Hall–Kier alpha value is -2.28. The molecule has 136 valence electrons. The molecule has 1 aromatic rings. The van der Waals surface area contributed by atoms with Crippen molar-refractivity contribution in [1.29, 1.82) is 5.26 Å². The van der Waals surface area contributed by atoms with Gasteiger partial charge in [0.15, 0.2) is 0 Å². The lowest BCUT2D eigenvalue weighted by Gasteiger charge is -2.30. The van der Waals surface area contributed by atoms with Gasteiger partial charge >= 0.3 is 0 Å². The van der Waals surface area contributed by atoms with Crippen LogP contribution in [0, 0.1) is 29.1 Å². The van der Waals surface area contributed by atoms with Crippen molar-refractivity contribution < 1.29 is 4.79 Å². The molecule has 3 aliphatic rings. The van der Waals surface area contributed by atoms with Crippen molar-refractivity contribution >= 4 is 11.6 Å². The molecular weight excluding hydrogens is 322 g/mol. The van der Waals surface area contributed by atoms with E-state index in [1.54, 1.807) is 11.1 Å². The highest BCUT2D eigenvalue weighted by Gasteiger charge is 2.41. The first-order valence-corrected chi connectivity index (χ1v) is 9.93. The van der Waals surface area contributed by atoms with Crippen molar-refractivity contribution in [2.45, 2.75) is 51.5 Å². The van der Waals surface area contributed by atoms with E-state index in [2.05, 4.69) is 24.4 Å². The van der Waals surface area contributed by atoms with Gasteiger partial charge in [0.2, 0.25) is 0 Å². The summed E-state index contributed by atoms with van der Waals surface area (Å²) in [5.74, 6) is 2.22. The average Bonchev–Trinajstić information content (AvgIpc) is 3.31. The number of amides is 1. The molecule has 2 aliphatic carbocycles. The maximum atomic E-state index is 12.9. The molecule has 1 aliphatic heterocycles. The molecule has 4 heteroatoms. The number of fused-ring (bicyclic) bond motifs is 3. The minimum absolute atomic E-state index is 0.188. The van der Waals surface area contributed by atoms with Crippen LogP contribution in [0.2, 0.25) is 0 Å². The third kappa shape index (κ3) is 3.11. The van der Waals surface area contributed by atoms with Crippen LogP contribution in [0.25, 0.3) is 0 Å².